The summed E-state index contributed by atoms with van der Waals surface area (Å²) in [5.41, 5.74) is 1.75. The molecule has 0 radical (unpaired) electrons. The zero-order chi connectivity index (χ0) is 26.3. The van der Waals surface area contributed by atoms with Crippen molar-refractivity contribution < 1.29 is 19.9 Å². The van der Waals surface area contributed by atoms with Crippen LogP contribution in [-0.4, -0.2) is 34.9 Å². The lowest BCUT2D eigenvalue weighted by Crippen LogP contribution is -2.66. The quantitative estimate of drug-likeness (QED) is 0.186. The average Bonchev–Trinajstić information content (AvgIpc) is 3.24. The first-order valence-electron chi connectivity index (χ1n) is 14.4. The van der Waals surface area contributed by atoms with E-state index in [1.165, 1.54) is 20.0 Å². The number of carbonyl (C=O) groups excluding carboxylic acids is 1. The molecule has 6 heteroatoms. The Morgan fingerprint density at radius 3 is 2.25 bits per heavy atom. The highest BCUT2D eigenvalue weighted by Gasteiger charge is 2.72. The van der Waals surface area contributed by atoms with Crippen LogP contribution < -0.4 is 0 Å². The van der Waals surface area contributed by atoms with Gasteiger partial charge in [-0.1, -0.05) is 44.9 Å². The van der Waals surface area contributed by atoms with Crippen LogP contribution in [0.15, 0.2) is 10.3 Å². The van der Waals surface area contributed by atoms with Crippen LogP contribution in [0.3, 0.4) is 0 Å². The molecule has 5 fully saturated rings. The number of hydrogen-bond donors (Lipinski definition) is 2. The summed E-state index contributed by atoms with van der Waals surface area (Å²) < 4.78 is 5.46. The Kier molecular flexibility index (Phi) is 5.93. The fourth-order valence-electron chi connectivity index (χ4n) is 11.7. The third kappa shape index (κ3) is 2.99. The molecular weight excluding hydrogens is 452 g/mol. The van der Waals surface area contributed by atoms with E-state index >= 15 is 0 Å². The highest BCUT2D eigenvalue weighted by atomic mass is 16.5. The Morgan fingerprint density at radius 1 is 0.889 bits per heavy atom. The van der Waals surface area contributed by atoms with Crippen LogP contribution in [0.25, 0.3) is 0 Å². The summed E-state index contributed by atoms with van der Waals surface area (Å²) >= 11 is 0. The number of esters is 1. The van der Waals surface area contributed by atoms with Crippen molar-refractivity contribution in [3.63, 3.8) is 0 Å². The van der Waals surface area contributed by atoms with E-state index in [0.29, 0.717) is 17.8 Å². The van der Waals surface area contributed by atoms with E-state index in [1.807, 2.05) is 6.92 Å². The van der Waals surface area contributed by atoms with Gasteiger partial charge in [0.2, 0.25) is 0 Å². The number of hydrogen-bond acceptors (Lipinski definition) is 6. The summed E-state index contributed by atoms with van der Waals surface area (Å²) in [6, 6.07) is 0. The molecule has 36 heavy (non-hydrogen) atoms. The Bertz CT molecular complexity index is 989. The van der Waals surface area contributed by atoms with Crippen molar-refractivity contribution in [3.8, 4) is 0 Å². The van der Waals surface area contributed by atoms with E-state index in [0.717, 1.165) is 62.8 Å². The van der Waals surface area contributed by atoms with E-state index < -0.39 is 5.41 Å². The van der Waals surface area contributed by atoms with Crippen molar-refractivity contribution in [2.75, 3.05) is 7.11 Å². The minimum Gasteiger partial charge on any atom is -0.469 e. The van der Waals surface area contributed by atoms with Crippen LogP contribution in [-0.2, 0) is 9.53 Å². The maximum Gasteiger partial charge on any atom is 0.312 e. The fraction of sp³-hybridized carbons (Fsp3) is 0.900. The highest BCUT2D eigenvalue weighted by Crippen LogP contribution is 2.77. The summed E-state index contributed by atoms with van der Waals surface area (Å²) in [5.74, 6) is 1.82. The number of ether oxygens (including phenoxy) is 1. The van der Waals surface area contributed by atoms with Gasteiger partial charge in [-0.15, -0.1) is 0 Å². The molecule has 5 aliphatic rings. The summed E-state index contributed by atoms with van der Waals surface area (Å²) in [4.78, 5) is 13.4. The second-order valence-electron chi connectivity index (χ2n) is 14.5. The normalized spacial score (nSPS) is 51.0. The number of methoxy groups -OCH3 is 1. The predicted octanol–water partition coefficient (Wildman–Crippen LogP) is 6.92. The first-order valence-corrected chi connectivity index (χ1v) is 14.4. The zero-order valence-corrected chi connectivity index (χ0v) is 23.6. The third-order valence-corrected chi connectivity index (χ3v) is 13.6. The molecule has 9 atom stereocenters. The van der Waals surface area contributed by atoms with E-state index in [4.69, 9.17) is 4.74 Å². The SMILES string of the molecule is COC(=O)[C@]12CC[C@@H](/C(C)=N/O)[C@@H]1[C@H]1CC[C@@H]3[C@@]4(C)CC/C(=N/O)C(C)(C)[C@@H]4CC[C@@]3(C)[C@]1(C)CC2. The average molecular weight is 501 g/mol. The van der Waals surface area contributed by atoms with Gasteiger partial charge in [0.15, 0.2) is 0 Å². The molecule has 0 heterocycles. The second kappa shape index (κ2) is 8.20. The Morgan fingerprint density at radius 2 is 1.61 bits per heavy atom. The lowest BCUT2D eigenvalue weighted by molar-refractivity contribution is -0.230. The van der Waals surface area contributed by atoms with Gasteiger partial charge in [0.1, 0.15) is 0 Å². The maximum absolute atomic E-state index is 13.4. The first-order chi connectivity index (χ1) is 16.9. The molecule has 5 aliphatic carbocycles. The molecule has 0 aromatic heterocycles. The van der Waals surface area contributed by atoms with Crippen LogP contribution in [0.1, 0.15) is 106 Å². The molecule has 2 N–H and O–H groups in total. The maximum atomic E-state index is 13.4. The van der Waals surface area contributed by atoms with Crippen molar-refractivity contribution in [3.05, 3.63) is 0 Å². The van der Waals surface area contributed by atoms with E-state index in [-0.39, 0.29) is 39.5 Å². The monoisotopic (exact) mass is 500 g/mol. The third-order valence-electron chi connectivity index (χ3n) is 13.6. The minimum absolute atomic E-state index is 0.0458. The van der Waals surface area contributed by atoms with Crippen molar-refractivity contribution in [2.24, 2.45) is 67.0 Å². The molecule has 0 saturated heterocycles. The van der Waals surface area contributed by atoms with Gasteiger partial charge >= 0.3 is 5.97 Å². The molecule has 0 aliphatic heterocycles. The van der Waals surface area contributed by atoms with Gasteiger partial charge in [-0.05, 0) is 111 Å². The molecule has 0 amide bonds. The molecule has 202 valence electrons. The lowest BCUT2D eigenvalue weighted by atomic mass is 9.32. The molecule has 6 nitrogen and oxygen atoms in total. The summed E-state index contributed by atoms with van der Waals surface area (Å²) in [6.45, 7) is 14.2. The molecule has 5 rings (SSSR count). The van der Waals surface area contributed by atoms with Gasteiger partial charge in [0.25, 0.3) is 0 Å². The summed E-state index contributed by atoms with van der Waals surface area (Å²) in [6.07, 6.45) is 10.3. The molecule has 0 aromatic rings. The van der Waals surface area contributed by atoms with E-state index in [9.17, 15) is 15.2 Å². The van der Waals surface area contributed by atoms with Crippen molar-refractivity contribution in [1.82, 2.24) is 0 Å². The van der Waals surface area contributed by atoms with E-state index in [1.54, 1.807) is 0 Å². The summed E-state index contributed by atoms with van der Waals surface area (Å²) in [7, 11) is 1.54. The van der Waals surface area contributed by atoms with Crippen LogP contribution in [0.2, 0.25) is 0 Å². The number of rotatable bonds is 2. The molecule has 0 spiro atoms. The van der Waals surface area contributed by atoms with Gasteiger partial charge in [-0.3, -0.25) is 4.79 Å². The number of fused-ring (bicyclic) bond motifs is 7. The Balaban J connectivity index is 1.57. The van der Waals surface area contributed by atoms with Crippen molar-refractivity contribution >= 4 is 17.4 Å². The standard InChI is InChI=1S/C30H48N2O4/c1-18(31-34)19-10-15-30(25(33)36-7)17-16-28(5)20(24(19)30)8-9-22-27(4)13-12-23(32-35)26(2,3)21(27)11-14-29(22,28)6/h19-22,24,34-35H,8-17H2,1-7H3/b31-18+,32-23-/t19-,20+,21-,22+,24+,27-,28+,29+,30-/m0/s1. The zero-order valence-electron chi connectivity index (χ0n) is 23.6. The second-order valence-corrected chi connectivity index (χ2v) is 14.5. The molecular formula is C30H48N2O4. The summed E-state index contributed by atoms with van der Waals surface area (Å²) in [5, 5.41) is 27.0. The lowest BCUT2D eigenvalue weighted by Gasteiger charge is -2.72. The molecule has 5 saturated carbocycles. The van der Waals surface area contributed by atoms with Crippen LogP contribution in [0.4, 0.5) is 0 Å². The van der Waals surface area contributed by atoms with Crippen LogP contribution in [0, 0.1) is 56.7 Å². The van der Waals surface area contributed by atoms with Crippen LogP contribution in [0.5, 0.6) is 0 Å². The Labute approximate surface area is 217 Å². The Hall–Kier alpha value is -1.59. The largest absolute Gasteiger partial charge is 0.469 e. The van der Waals surface area contributed by atoms with Gasteiger partial charge in [-0.2, -0.15) is 0 Å². The highest BCUT2D eigenvalue weighted by molar-refractivity contribution is 5.90. The predicted molar refractivity (Wildman–Crippen MR) is 140 cm³/mol. The van der Waals surface area contributed by atoms with Gasteiger partial charge in [0.05, 0.1) is 23.9 Å². The topological polar surface area (TPSA) is 91.5 Å². The fourth-order valence-corrected chi connectivity index (χ4v) is 11.7. The van der Waals surface area contributed by atoms with Crippen molar-refractivity contribution in [2.45, 2.75) is 106 Å². The first kappa shape index (κ1) is 26.0. The van der Waals surface area contributed by atoms with Crippen LogP contribution >= 0.6 is 0 Å². The molecule has 0 unspecified atom stereocenters. The number of nitrogens with zero attached hydrogens (tertiary/aromatic N) is 2. The van der Waals surface area contributed by atoms with Gasteiger partial charge in [0, 0.05) is 11.3 Å². The molecule has 0 aromatic carbocycles. The van der Waals surface area contributed by atoms with Gasteiger partial charge < -0.3 is 15.2 Å². The smallest absolute Gasteiger partial charge is 0.312 e. The number of carbonyl (C=O) groups is 1. The van der Waals surface area contributed by atoms with Crippen molar-refractivity contribution in [1.29, 1.82) is 0 Å². The number of oxime groups is 2. The van der Waals surface area contributed by atoms with Gasteiger partial charge in [-0.25, -0.2) is 0 Å². The minimum atomic E-state index is -0.445. The molecule has 0 bridgehead atoms. The van der Waals surface area contributed by atoms with E-state index in [2.05, 4.69) is 44.9 Å².